The van der Waals surface area contributed by atoms with Crippen molar-refractivity contribution in [3.05, 3.63) is 130 Å². The molecular formula is C40H60F4N8O48P8. The molecule has 0 bridgehead atoms. The monoisotopic (exact) mass is 1750 g/mol. The predicted molar refractivity (Wildman–Crippen MR) is 324 cm³/mol. The first-order valence-electron chi connectivity index (χ1n) is 30.2. The molecule has 4 aliphatic rings. The van der Waals surface area contributed by atoms with Crippen LogP contribution in [0.1, 0.15) is 55.3 Å². The number of aliphatic hydroxyl groups excluding tert-OH is 8. The van der Waals surface area contributed by atoms with E-state index >= 15 is 8.78 Å². The minimum Gasteiger partial charge on any atom is -0.385 e. The predicted octanol–water partition coefficient (Wildman–Crippen LogP) is -8.05. The lowest BCUT2D eigenvalue weighted by molar-refractivity contribution is -0.205. The first-order valence-corrected chi connectivity index (χ1v) is 39.3. The molecular weight excluding hydrogens is 1680 g/mol. The number of phosphoric ester groups is 4. The summed E-state index contributed by atoms with van der Waals surface area (Å²) in [6.45, 7) is -6.92. The molecule has 108 heavy (non-hydrogen) atoms. The maximum Gasteiger partial charge on any atom is 0.481 e. The number of halogens is 4. The molecule has 4 aromatic rings. The van der Waals surface area contributed by atoms with Gasteiger partial charge in [0.25, 0.3) is 45.7 Å². The highest BCUT2D eigenvalue weighted by Crippen LogP contribution is 2.62. The summed E-state index contributed by atoms with van der Waals surface area (Å²) >= 11 is 0. The summed E-state index contributed by atoms with van der Waals surface area (Å²) in [6, 6.07) is 0. The van der Waals surface area contributed by atoms with E-state index in [0.29, 0.717) is 15.3 Å². The Morgan fingerprint density at radius 1 is 0.380 bits per heavy atom. The standard InChI is InChI=1S/4C10H15FN2O12P2/c4*1-4-2-13(9(17)12-7(4)16)8-5(14)6(15)10(11,24-8)3-23-27(21,22)25-26(18,19)20/h4*2,5-6,8,14-15H,3H2,1H3,(H,21,22)(H,12,16,17)(H2,18,19,20)/t4*5-,6+,8-,10-/m1111/s1/i3D2,8D;8D;3D2;. The van der Waals surface area contributed by atoms with Crippen molar-refractivity contribution in [3.8, 4) is 0 Å². The number of aliphatic hydroxyl groups is 8. The van der Waals surface area contributed by atoms with E-state index in [1.165, 1.54) is 20.8 Å². The van der Waals surface area contributed by atoms with E-state index in [1.807, 2.05) is 4.98 Å². The quantitative estimate of drug-likeness (QED) is 0.0229. The molecule has 4 unspecified atom stereocenters. The van der Waals surface area contributed by atoms with Gasteiger partial charge in [0.1, 0.15) is 75.2 Å². The molecule has 20 atom stereocenters. The Labute approximate surface area is 597 Å². The van der Waals surface area contributed by atoms with Gasteiger partial charge in [-0.2, -0.15) is 17.2 Å². The van der Waals surface area contributed by atoms with Crippen LogP contribution in [0.2, 0.25) is 0 Å². The summed E-state index contributed by atoms with van der Waals surface area (Å²) in [7, 11) is -45.4. The minimum atomic E-state index is -6.04. The molecule has 0 amide bonds. The Balaban J connectivity index is 0.000000272. The number of aromatic nitrogens is 8. The number of aromatic amines is 4. The van der Waals surface area contributed by atoms with Gasteiger partial charge >= 0.3 is 85.3 Å². The highest BCUT2D eigenvalue weighted by atomic mass is 31.3. The summed E-state index contributed by atoms with van der Waals surface area (Å²) < 4.78 is 243. The first-order chi connectivity index (χ1) is 50.8. The Bertz CT molecular complexity index is 5230. The van der Waals surface area contributed by atoms with E-state index in [9.17, 15) is 134 Å². The van der Waals surface area contributed by atoms with Crippen LogP contribution in [0.3, 0.4) is 0 Å². The summed E-state index contributed by atoms with van der Waals surface area (Å²) in [5, 5.41) is 79.5. The normalized spacial score (nSPS) is 33.4. The van der Waals surface area contributed by atoms with Crippen LogP contribution in [-0.4, -0.2) is 236 Å². The Morgan fingerprint density at radius 2 is 0.593 bits per heavy atom. The molecule has 4 fully saturated rings. The molecule has 8 heterocycles. The molecule has 4 aromatic heterocycles. The number of phosphoric acid groups is 8. The Kier molecular flexibility index (Phi) is 26.4. The molecule has 8 rings (SSSR count). The molecule has 0 radical (unpaired) electrons. The molecule has 0 aromatic carbocycles. The second-order valence-corrected chi connectivity index (χ2v) is 32.5. The molecule has 616 valence electrons. The average Bonchev–Trinajstić information content (AvgIpc) is 1.56. The second-order valence-electron chi connectivity index (χ2n) is 21.3. The van der Waals surface area contributed by atoms with Gasteiger partial charge in [-0.25, -0.2) is 73.3 Å². The van der Waals surface area contributed by atoms with Crippen molar-refractivity contribution in [1.82, 2.24) is 38.2 Å². The van der Waals surface area contributed by atoms with Crippen molar-refractivity contribution in [3.63, 3.8) is 0 Å². The van der Waals surface area contributed by atoms with Crippen molar-refractivity contribution in [1.29, 1.82) is 0 Å². The summed E-state index contributed by atoms with van der Waals surface area (Å²) in [5.74, 6) is -15.5. The molecule has 0 spiro atoms. The molecule has 0 aliphatic carbocycles. The fraction of sp³-hybridized carbons (Fsp3) is 0.600. The third-order valence-corrected chi connectivity index (χ3v) is 21.2. The SMILES string of the molecule is Cc1cn([C@@H]2O[C@](F)(COP(=O)(O)OP(=O)(O)O)[C@@H](O)[C@H]2O)c(=O)[nH]c1=O.[2H]C([2H])(OP(=O)(O)OP(=O)(O)O)[C@@]1(F)O[C@@H](n2cc(C)c(=O)[nH]c2=O)[C@H](O)[C@@H]1O.[2H]C([2H])(OP(=O)(O)OP(=O)(O)O)[C@@]1(F)O[C@@]([2H])(n2cc(C)c(=O)[nH]c2=O)[C@H](O)[C@@H]1O.[2H][C@@]1(n2cc(C)c(=O)[nH]c2=O)O[C@](F)(COP(=O)(O)OP(=O)(O)O)[C@@H](O)[C@H]1O. The Hall–Kier alpha value is -5.00. The number of ether oxygens (including phenoxy) is 4. The zero-order valence-corrected chi connectivity index (χ0v) is 59.9. The van der Waals surface area contributed by atoms with Gasteiger partial charge in [0.2, 0.25) is 0 Å². The number of H-pyrrole nitrogens is 4. The van der Waals surface area contributed by atoms with E-state index in [1.54, 1.807) is 15.0 Å². The molecule has 24 N–H and O–H groups in total. The first kappa shape index (κ1) is 83.9. The summed E-state index contributed by atoms with van der Waals surface area (Å²) in [5.41, 5.74) is -8.94. The van der Waals surface area contributed by atoms with Gasteiger partial charge in [-0.05, 0) is 27.7 Å². The van der Waals surface area contributed by atoms with Crippen LogP contribution < -0.4 is 45.0 Å². The lowest BCUT2D eigenvalue weighted by Crippen LogP contribution is -2.43. The van der Waals surface area contributed by atoms with Gasteiger partial charge in [-0.15, -0.1) is 0 Å². The van der Waals surface area contributed by atoms with Gasteiger partial charge in [-0.1, -0.05) is 0 Å². The van der Waals surface area contributed by atoms with Crippen LogP contribution in [0.25, 0.3) is 0 Å². The van der Waals surface area contributed by atoms with Crippen molar-refractivity contribution in [2.45, 2.75) is 125 Å². The van der Waals surface area contributed by atoms with Crippen molar-refractivity contribution >= 4 is 62.6 Å². The van der Waals surface area contributed by atoms with E-state index in [0.717, 1.165) is 25.5 Å². The number of hydrogen-bond acceptors (Lipinski definition) is 36. The zero-order chi connectivity index (χ0) is 88.6. The van der Waals surface area contributed by atoms with Gasteiger partial charge < -0.3 is 119 Å². The van der Waals surface area contributed by atoms with Crippen LogP contribution in [0.5, 0.6) is 0 Å². The number of alkyl halides is 4. The average molecular weight is 1750 g/mol. The maximum absolute atomic E-state index is 15.3. The number of nitrogens with one attached hydrogen (secondary N) is 4. The number of rotatable bonds is 24. The largest absolute Gasteiger partial charge is 0.481 e. The van der Waals surface area contributed by atoms with Crippen molar-refractivity contribution < 1.29 is 216 Å². The second kappa shape index (κ2) is 34.0. The van der Waals surface area contributed by atoms with Crippen molar-refractivity contribution in [2.24, 2.45) is 0 Å². The highest BCUT2D eigenvalue weighted by Gasteiger charge is 2.61. The fourth-order valence-electron chi connectivity index (χ4n) is 8.15. The van der Waals surface area contributed by atoms with E-state index in [-0.39, 0.29) is 31.4 Å². The summed E-state index contributed by atoms with van der Waals surface area (Å²) in [6.07, 6.45) is -27.9. The number of nitrogens with zero attached hydrogens (tertiary/aromatic N) is 4. The van der Waals surface area contributed by atoms with E-state index < -0.39 is 231 Å². The van der Waals surface area contributed by atoms with E-state index in [4.69, 9.17) is 61.9 Å². The lowest BCUT2D eigenvalue weighted by Gasteiger charge is -2.23. The topological polar surface area (TPSA) is 871 Å². The molecule has 0 saturated carbocycles. The molecule has 68 heteroatoms. The molecule has 4 aliphatic heterocycles. The van der Waals surface area contributed by atoms with Gasteiger partial charge in [0.05, 0.1) is 8.22 Å². The lowest BCUT2D eigenvalue weighted by atomic mass is 10.1. The van der Waals surface area contributed by atoms with Crippen LogP contribution in [-0.2, 0) is 90.8 Å². The maximum atomic E-state index is 15.3. The third kappa shape index (κ3) is 24.5. The van der Waals surface area contributed by atoms with Crippen LogP contribution in [0, 0.1) is 27.7 Å². The van der Waals surface area contributed by atoms with Gasteiger partial charge in [0.15, 0.2) is 24.9 Å². The minimum absolute atomic E-state index is 0.0117. The van der Waals surface area contributed by atoms with E-state index in [2.05, 4.69) is 49.5 Å². The summed E-state index contributed by atoms with van der Waals surface area (Å²) in [4.78, 5) is 205. The van der Waals surface area contributed by atoms with Gasteiger partial charge in [0, 0.05) is 47.0 Å². The van der Waals surface area contributed by atoms with Crippen LogP contribution in [0.15, 0.2) is 63.1 Å². The van der Waals surface area contributed by atoms with Crippen LogP contribution >= 0.6 is 62.6 Å². The number of hydrogen-bond donors (Lipinski definition) is 24. The fourth-order valence-corrected chi connectivity index (χ4v) is 14.3. The van der Waals surface area contributed by atoms with Gasteiger partial charge in [-0.3, -0.25) is 75.5 Å². The third-order valence-electron chi connectivity index (χ3n) is 13.0. The highest BCUT2D eigenvalue weighted by molar-refractivity contribution is 7.62. The Morgan fingerprint density at radius 3 is 0.889 bits per heavy atom. The zero-order valence-electron chi connectivity index (χ0n) is 58.8. The molecule has 56 nitrogen and oxygen atoms in total. The molecule has 4 saturated heterocycles. The van der Waals surface area contributed by atoms with Crippen LogP contribution in [0.4, 0.5) is 17.6 Å². The smallest absolute Gasteiger partial charge is 0.385 e. The van der Waals surface area contributed by atoms with Crippen molar-refractivity contribution in [2.75, 3.05) is 26.3 Å². The number of aryl methyl sites for hydroxylation is 4.